The van der Waals surface area contributed by atoms with Crippen molar-refractivity contribution in [3.8, 4) is 0 Å². The third-order valence-electron chi connectivity index (χ3n) is 3.87. The molecule has 0 spiro atoms. The van der Waals surface area contributed by atoms with Crippen LogP contribution in [0.1, 0.15) is 23.6 Å². The standard InChI is InChI=1S/C19H24N2O3S2/c1-15(25-13-17-6-4-3-5-7-17)19(22)21-12-16-8-10-18(11-9-16)14-26(23,24)20-2/h3-11,15,20H,12-14H2,1-2H3,(H,21,22). The first kappa shape index (κ1) is 20.5. The van der Waals surface area contributed by atoms with Gasteiger partial charge >= 0.3 is 0 Å². The summed E-state index contributed by atoms with van der Waals surface area (Å²) in [6, 6.07) is 17.3. The van der Waals surface area contributed by atoms with Crippen LogP contribution in [0.15, 0.2) is 54.6 Å². The van der Waals surface area contributed by atoms with Gasteiger partial charge in [-0.15, -0.1) is 11.8 Å². The summed E-state index contributed by atoms with van der Waals surface area (Å²) < 4.78 is 25.4. The smallest absolute Gasteiger partial charge is 0.233 e. The maximum absolute atomic E-state index is 12.2. The zero-order valence-corrected chi connectivity index (χ0v) is 16.6. The molecule has 1 amide bonds. The average molecular weight is 393 g/mol. The van der Waals surface area contributed by atoms with Gasteiger partial charge in [-0.25, -0.2) is 13.1 Å². The molecule has 0 aromatic heterocycles. The second-order valence-electron chi connectivity index (χ2n) is 5.94. The Kier molecular flexibility index (Phi) is 7.68. The summed E-state index contributed by atoms with van der Waals surface area (Å²) in [5.41, 5.74) is 2.84. The molecular weight excluding hydrogens is 368 g/mol. The lowest BCUT2D eigenvalue weighted by molar-refractivity contribution is -0.120. The number of hydrogen-bond acceptors (Lipinski definition) is 4. The fourth-order valence-electron chi connectivity index (χ4n) is 2.25. The van der Waals surface area contributed by atoms with E-state index in [4.69, 9.17) is 0 Å². The summed E-state index contributed by atoms with van der Waals surface area (Å²) in [5.74, 6) is 0.737. The highest BCUT2D eigenvalue weighted by Gasteiger charge is 2.13. The van der Waals surface area contributed by atoms with Crippen LogP contribution in [-0.2, 0) is 32.9 Å². The molecule has 0 radical (unpaired) electrons. The molecule has 0 heterocycles. The Hall–Kier alpha value is -1.83. The van der Waals surface area contributed by atoms with Gasteiger partial charge in [0.05, 0.1) is 11.0 Å². The third kappa shape index (κ3) is 6.82. The van der Waals surface area contributed by atoms with Crippen LogP contribution < -0.4 is 10.0 Å². The Balaban J connectivity index is 1.79. The molecule has 5 nitrogen and oxygen atoms in total. The highest BCUT2D eigenvalue weighted by atomic mass is 32.2. The predicted octanol–water partition coefficient (Wildman–Crippen LogP) is 2.67. The molecule has 0 aliphatic carbocycles. The van der Waals surface area contributed by atoms with Crippen molar-refractivity contribution in [3.05, 3.63) is 71.3 Å². The lowest BCUT2D eigenvalue weighted by Crippen LogP contribution is -2.30. The van der Waals surface area contributed by atoms with Crippen molar-refractivity contribution in [1.29, 1.82) is 0 Å². The number of carbonyl (C=O) groups is 1. The van der Waals surface area contributed by atoms with Gasteiger partial charge in [-0.05, 0) is 30.7 Å². The molecule has 0 aliphatic heterocycles. The average Bonchev–Trinajstić information content (AvgIpc) is 2.66. The highest BCUT2D eigenvalue weighted by Crippen LogP contribution is 2.17. The molecule has 2 rings (SSSR count). The molecule has 1 unspecified atom stereocenters. The van der Waals surface area contributed by atoms with Gasteiger partial charge in [0.25, 0.3) is 0 Å². The van der Waals surface area contributed by atoms with Gasteiger partial charge in [-0.2, -0.15) is 0 Å². The van der Waals surface area contributed by atoms with E-state index in [2.05, 4.69) is 10.0 Å². The molecule has 2 aromatic rings. The topological polar surface area (TPSA) is 75.3 Å². The fourth-order valence-corrected chi connectivity index (χ4v) is 3.89. The minimum atomic E-state index is -3.27. The van der Waals surface area contributed by atoms with Crippen molar-refractivity contribution in [3.63, 3.8) is 0 Å². The van der Waals surface area contributed by atoms with Crippen molar-refractivity contribution < 1.29 is 13.2 Å². The largest absolute Gasteiger partial charge is 0.351 e. The molecule has 140 valence electrons. The van der Waals surface area contributed by atoms with Crippen LogP contribution in [-0.4, -0.2) is 26.6 Å². The van der Waals surface area contributed by atoms with E-state index in [1.54, 1.807) is 23.9 Å². The van der Waals surface area contributed by atoms with Crippen LogP contribution in [0.2, 0.25) is 0 Å². The molecule has 7 heteroatoms. The Labute approximate surface area is 159 Å². The molecule has 0 saturated heterocycles. The van der Waals surface area contributed by atoms with E-state index in [1.807, 2.05) is 49.4 Å². The maximum atomic E-state index is 12.2. The number of sulfonamides is 1. The van der Waals surface area contributed by atoms with E-state index in [9.17, 15) is 13.2 Å². The van der Waals surface area contributed by atoms with Crippen LogP contribution in [0, 0.1) is 0 Å². The Morgan fingerprint density at radius 1 is 1.00 bits per heavy atom. The monoisotopic (exact) mass is 392 g/mol. The van der Waals surface area contributed by atoms with Gasteiger partial charge in [-0.3, -0.25) is 4.79 Å². The minimum Gasteiger partial charge on any atom is -0.351 e. The zero-order chi connectivity index (χ0) is 19.0. The van der Waals surface area contributed by atoms with E-state index in [0.717, 1.165) is 11.3 Å². The molecule has 1 atom stereocenters. The van der Waals surface area contributed by atoms with Crippen molar-refractivity contribution in [1.82, 2.24) is 10.0 Å². The van der Waals surface area contributed by atoms with Crippen molar-refractivity contribution in [2.45, 2.75) is 30.2 Å². The Bertz CT molecular complexity index is 806. The summed E-state index contributed by atoms with van der Waals surface area (Å²) in [7, 11) is -1.88. The second kappa shape index (κ2) is 9.75. The number of hydrogen-bond donors (Lipinski definition) is 2. The molecule has 0 aliphatic rings. The van der Waals surface area contributed by atoms with Crippen LogP contribution in [0.3, 0.4) is 0 Å². The Morgan fingerprint density at radius 2 is 1.62 bits per heavy atom. The summed E-state index contributed by atoms with van der Waals surface area (Å²) in [4.78, 5) is 12.2. The Morgan fingerprint density at radius 3 is 2.23 bits per heavy atom. The first-order valence-corrected chi connectivity index (χ1v) is 11.0. The van der Waals surface area contributed by atoms with E-state index in [-0.39, 0.29) is 16.9 Å². The van der Waals surface area contributed by atoms with Gasteiger partial charge in [-0.1, -0.05) is 54.6 Å². The van der Waals surface area contributed by atoms with Gasteiger partial charge in [0.1, 0.15) is 0 Å². The highest BCUT2D eigenvalue weighted by molar-refractivity contribution is 7.99. The van der Waals surface area contributed by atoms with E-state index in [0.29, 0.717) is 12.1 Å². The number of thioether (sulfide) groups is 1. The van der Waals surface area contributed by atoms with E-state index < -0.39 is 10.0 Å². The lowest BCUT2D eigenvalue weighted by Gasteiger charge is -2.12. The van der Waals surface area contributed by atoms with Crippen LogP contribution in [0.25, 0.3) is 0 Å². The number of rotatable bonds is 9. The van der Waals surface area contributed by atoms with Gasteiger partial charge in [0.2, 0.25) is 15.9 Å². The molecule has 0 bridgehead atoms. The SMILES string of the molecule is CNS(=O)(=O)Cc1ccc(CNC(=O)C(C)SCc2ccccc2)cc1. The van der Waals surface area contributed by atoms with E-state index in [1.165, 1.54) is 12.6 Å². The molecule has 26 heavy (non-hydrogen) atoms. The normalized spacial score (nSPS) is 12.5. The van der Waals surface area contributed by atoms with Gasteiger partial charge < -0.3 is 5.32 Å². The van der Waals surface area contributed by atoms with Gasteiger partial charge in [0, 0.05) is 12.3 Å². The number of carbonyl (C=O) groups excluding carboxylic acids is 1. The van der Waals surface area contributed by atoms with Crippen LogP contribution in [0.4, 0.5) is 0 Å². The molecular formula is C19H24N2O3S2. The summed E-state index contributed by atoms with van der Waals surface area (Å²) in [6.07, 6.45) is 0. The van der Waals surface area contributed by atoms with Crippen molar-refractivity contribution in [2.24, 2.45) is 0 Å². The minimum absolute atomic E-state index is 0.00670. The number of nitrogens with one attached hydrogen (secondary N) is 2. The van der Waals surface area contributed by atoms with Crippen molar-refractivity contribution >= 4 is 27.7 Å². The zero-order valence-electron chi connectivity index (χ0n) is 14.9. The fraction of sp³-hybridized carbons (Fsp3) is 0.316. The molecule has 2 aromatic carbocycles. The summed E-state index contributed by atoms with van der Waals surface area (Å²) in [5, 5.41) is 2.78. The first-order chi connectivity index (χ1) is 12.4. The molecule has 0 fully saturated rings. The van der Waals surface area contributed by atoms with E-state index >= 15 is 0 Å². The van der Waals surface area contributed by atoms with Crippen LogP contribution >= 0.6 is 11.8 Å². The van der Waals surface area contributed by atoms with Crippen molar-refractivity contribution in [2.75, 3.05) is 7.05 Å². The molecule has 2 N–H and O–H groups in total. The predicted molar refractivity (Wildman–Crippen MR) is 107 cm³/mol. The lowest BCUT2D eigenvalue weighted by atomic mass is 10.1. The summed E-state index contributed by atoms with van der Waals surface area (Å²) in [6.45, 7) is 2.32. The second-order valence-corrected chi connectivity index (χ2v) is 9.19. The van der Waals surface area contributed by atoms with Gasteiger partial charge in [0.15, 0.2) is 0 Å². The number of benzene rings is 2. The molecule has 0 saturated carbocycles. The first-order valence-electron chi connectivity index (χ1n) is 8.32. The van der Waals surface area contributed by atoms with Crippen LogP contribution in [0.5, 0.6) is 0 Å². The summed E-state index contributed by atoms with van der Waals surface area (Å²) >= 11 is 1.60. The maximum Gasteiger partial charge on any atom is 0.233 e. The quantitative estimate of drug-likeness (QED) is 0.688. The number of amides is 1. The third-order valence-corrected chi connectivity index (χ3v) is 6.42.